The topological polar surface area (TPSA) is 29.5 Å². The van der Waals surface area contributed by atoms with Gasteiger partial charge in [0.2, 0.25) is 0 Å². The number of rotatable bonds is 6. The summed E-state index contributed by atoms with van der Waals surface area (Å²) in [5.74, 6) is 0. The molecule has 1 aliphatic heterocycles. The second-order valence-corrected chi connectivity index (χ2v) is 6.20. The minimum absolute atomic E-state index is 0.0102. The van der Waals surface area contributed by atoms with Crippen LogP contribution in [-0.2, 0) is 4.74 Å². The van der Waals surface area contributed by atoms with Gasteiger partial charge in [0.1, 0.15) is 0 Å². The molecule has 1 N–H and O–H groups in total. The Bertz CT molecular complexity index is 235. The highest BCUT2D eigenvalue weighted by atomic mass is 79.9. The first-order chi connectivity index (χ1) is 8.19. The van der Waals surface area contributed by atoms with E-state index >= 15 is 0 Å². The molecule has 0 fully saturated rings. The zero-order valence-electron chi connectivity index (χ0n) is 10.3. The molecule has 0 saturated heterocycles. The lowest BCUT2D eigenvalue weighted by Crippen LogP contribution is -2.33. The standard InChI is InChI=1S/C13H22BrClO2/c1-2-10(14)12-7-3-4-8-13(17-12)11(15)6-5-9-16/h3-4,10-13,16H,2,5-9H2,1H3/t10-,11+,12-,13+/m0/s1. The largest absolute Gasteiger partial charge is 0.396 e. The molecule has 0 amide bonds. The number of ether oxygens (including phenoxy) is 1. The second-order valence-electron chi connectivity index (χ2n) is 4.46. The average molecular weight is 326 g/mol. The van der Waals surface area contributed by atoms with Crippen molar-refractivity contribution in [3.8, 4) is 0 Å². The van der Waals surface area contributed by atoms with Crippen LogP contribution in [-0.4, -0.2) is 34.1 Å². The Morgan fingerprint density at radius 3 is 2.65 bits per heavy atom. The van der Waals surface area contributed by atoms with Crippen LogP contribution in [0.5, 0.6) is 0 Å². The Hall–Kier alpha value is 0.430. The Kier molecular flexibility index (Phi) is 7.76. The summed E-state index contributed by atoms with van der Waals surface area (Å²) in [7, 11) is 0. The maximum atomic E-state index is 8.83. The fraction of sp³-hybridized carbons (Fsp3) is 0.846. The number of aliphatic hydroxyl groups excluding tert-OH is 1. The minimum atomic E-state index is -0.0102. The molecule has 0 unspecified atom stereocenters. The monoisotopic (exact) mass is 324 g/mol. The molecule has 0 aromatic rings. The molecular weight excluding hydrogens is 303 g/mol. The number of hydrogen-bond acceptors (Lipinski definition) is 2. The molecule has 17 heavy (non-hydrogen) atoms. The van der Waals surface area contributed by atoms with Crippen LogP contribution in [0.25, 0.3) is 0 Å². The highest BCUT2D eigenvalue weighted by molar-refractivity contribution is 9.09. The third kappa shape index (κ3) is 5.29. The van der Waals surface area contributed by atoms with E-state index in [-0.39, 0.29) is 24.2 Å². The average Bonchev–Trinajstić information content (AvgIpc) is 2.60. The van der Waals surface area contributed by atoms with Gasteiger partial charge in [-0.25, -0.2) is 0 Å². The molecule has 2 nitrogen and oxygen atoms in total. The van der Waals surface area contributed by atoms with Crippen LogP contribution in [0, 0.1) is 0 Å². The van der Waals surface area contributed by atoms with Gasteiger partial charge in [0.25, 0.3) is 0 Å². The summed E-state index contributed by atoms with van der Waals surface area (Å²) in [5.41, 5.74) is 0. The van der Waals surface area contributed by atoms with Crippen molar-refractivity contribution in [2.75, 3.05) is 6.61 Å². The first-order valence-electron chi connectivity index (χ1n) is 6.38. The molecule has 4 atom stereocenters. The van der Waals surface area contributed by atoms with Crippen molar-refractivity contribution in [3.63, 3.8) is 0 Å². The molecule has 0 spiro atoms. The van der Waals surface area contributed by atoms with Gasteiger partial charge in [-0.3, -0.25) is 0 Å². The Morgan fingerprint density at radius 1 is 1.41 bits per heavy atom. The van der Waals surface area contributed by atoms with E-state index in [9.17, 15) is 0 Å². The van der Waals surface area contributed by atoms with Crippen LogP contribution in [0.15, 0.2) is 12.2 Å². The Balaban J connectivity index is 2.51. The molecule has 0 bridgehead atoms. The summed E-state index contributed by atoms with van der Waals surface area (Å²) >= 11 is 10.00. The van der Waals surface area contributed by atoms with E-state index in [2.05, 4.69) is 35.0 Å². The van der Waals surface area contributed by atoms with E-state index < -0.39 is 0 Å². The first kappa shape index (κ1) is 15.5. The Morgan fingerprint density at radius 2 is 2.06 bits per heavy atom. The first-order valence-corrected chi connectivity index (χ1v) is 7.73. The van der Waals surface area contributed by atoms with Crippen molar-refractivity contribution < 1.29 is 9.84 Å². The van der Waals surface area contributed by atoms with Crippen LogP contribution in [0.3, 0.4) is 0 Å². The van der Waals surface area contributed by atoms with Gasteiger partial charge >= 0.3 is 0 Å². The van der Waals surface area contributed by atoms with E-state index in [1.54, 1.807) is 0 Å². The molecule has 0 radical (unpaired) electrons. The smallest absolute Gasteiger partial charge is 0.0777 e. The molecular formula is C13H22BrClO2. The second kappa shape index (κ2) is 8.52. The molecule has 1 rings (SSSR count). The molecule has 0 aliphatic carbocycles. The number of aliphatic hydroxyl groups is 1. The molecule has 1 heterocycles. The lowest BCUT2D eigenvalue weighted by molar-refractivity contribution is -0.00857. The summed E-state index contributed by atoms with van der Waals surface area (Å²) < 4.78 is 6.10. The van der Waals surface area contributed by atoms with Gasteiger partial charge in [-0.05, 0) is 32.1 Å². The summed E-state index contributed by atoms with van der Waals surface area (Å²) in [6.45, 7) is 2.35. The minimum Gasteiger partial charge on any atom is -0.396 e. The molecule has 0 saturated carbocycles. The van der Waals surface area contributed by atoms with Crippen molar-refractivity contribution in [2.45, 2.75) is 61.4 Å². The maximum Gasteiger partial charge on any atom is 0.0777 e. The van der Waals surface area contributed by atoms with Crippen molar-refractivity contribution in [1.82, 2.24) is 0 Å². The molecule has 0 aromatic heterocycles. The van der Waals surface area contributed by atoms with Gasteiger partial charge in [-0.1, -0.05) is 35.0 Å². The van der Waals surface area contributed by atoms with E-state index in [4.69, 9.17) is 21.4 Å². The summed E-state index contributed by atoms with van der Waals surface area (Å²) in [6, 6.07) is 0. The van der Waals surface area contributed by atoms with Gasteiger partial charge < -0.3 is 9.84 Å². The lowest BCUT2D eigenvalue weighted by atomic mass is 10.1. The van der Waals surface area contributed by atoms with E-state index in [1.807, 2.05) is 0 Å². The Labute approximate surface area is 118 Å². The van der Waals surface area contributed by atoms with Gasteiger partial charge in [0, 0.05) is 11.4 Å². The van der Waals surface area contributed by atoms with Crippen LogP contribution < -0.4 is 0 Å². The number of halogens is 2. The predicted octanol–water partition coefficient (Wildman–Crippen LogP) is 3.64. The summed E-state index contributed by atoms with van der Waals surface area (Å²) in [6.07, 6.45) is 9.05. The zero-order valence-corrected chi connectivity index (χ0v) is 12.7. The van der Waals surface area contributed by atoms with E-state index in [1.165, 1.54) is 0 Å². The van der Waals surface area contributed by atoms with Crippen molar-refractivity contribution in [2.24, 2.45) is 0 Å². The van der Waals surface area contributed by atoms with Crippen LogP contribution in [0.4, 0.5) is 0 Å². The molecule has 4 heteroatoms. The third-order valence-corrected chi connectivity index (χ3v) is 4.82. The number of hydrogen-bond donors (Lipinski definition) is 1. The maximum absolute atomic E-state index is 8.83. The fourth-order valence-electron chi connectivity index (χ4n) is 2.00. The van der Waals surface area contributed by atoms with Crippen LogP contribution >= 0.6 is 27.5 Å². The lowest BCUT2D eigenvalue weighted by Gasteiger charge is -2.27. The molecule has 1 aliphatic rings. The SMILES string of the molecule is CC[C@H](Br)[C@@H]1CC=CC[C@H]([C@H](Cl)CCCO)O1. The van der Waals surface area contributed by atoms with Gasteiger partial charge in [-0.2, -0.15) is 0 Å². The van der Waals surface area contributed by atoms with E-state index in [0.717, 1.165) is 32.1 Å². The third-order valence-electron chi connectivity index (χ3n) is 3.09. The van der Waals surface area contributed by atoms with Gasteiger partial charge in [0.15, 0.2) is 0 Å². The van der Waals surface area contributed by atoms with Gasteiger partial charge in [0.05, 0.1) is 17.6 Å². The predicted molar refractivity (Wildman–Crippen MR) is 76.0 cm³/mol. The molecule has 0 aromatic carbocycles. The summed E-state index contributed by atoms with van der Waals surface area (Å²) in [4.78, 5) is 0.384. The summed E-state index contributed by atoms with van der Waals surface area (Å²) in [5, 5.41) is 8.82. The highest BCUT2D eigenvalue weighted by Crippen LogP contribution is 2.26. The van der Waals surface area contributed by atoms with Crippen molar-refractivity contribution in [1.29, 1.82) is 0 Å². The normalized spacial score (nSPS) is 28.7. The van der Waals surface area contributed by atoms with Crippen molar-refractivity contribution >= 4 is 27.5 Å². The fourth-order valence-corrected chi connectivity index (χ4v) is 2.65. The molecule has 100 valence electrons. The number of alkyl halides is 2. The zero-order chi connectivity index (χ0) is 12.7. The van der Waals surface area contributed by atoms with Crippen LogP contribution in [0.1, 0.15) is 39.0 Å². The quantitative estimate of drug-likeness (QED) is 0.597. The van der Waals surface area contributed by atoms with Crippen molar-refractivity contribution in [3.05, 3.63) is 12.2 Å². The van der Waals surface area contributed by atoms with E-state index in [0.29, 0.717) is 4.83 Å². The van der Waals surface area contributed by atoms with Gasteiger partial charge in [-0.15, -0.1) is 11.6 Å². The highest BCUT2D eigenvalue weighted by Gasteiger charge is 2.27. The van der Waals surface area contributed by atoms with Crippen LogP contribution in [0.2, 0.25) is 0 Å².